The number of carbonyl (C=O) groups is 1. The molecule has 0 spiro atoms. The molecule has 0 saturated carbocycles. The third-order valence-corrected chi connectivity index (χ3v) is 5.46. The molecular weight excluding hydrogens is 447 g/mol. The van der Waals surface area contributed by atoms with Crippen LogP contribution in [0.1, 0.15) is 32.8 Å². The van der Waals surface area contributed by atoms with Crippen LogP contribution in [0.5, 0.6) is 0 Å². The molecule has 0 radical (unpaired) electrons. The number of amides is 1. The minimum absolute atomic E-state index is 0.245. The first-order chi connectivity index (χ1) is 12.0. The molecule has 26 heavy (non-hydrogen) atoms. The van der Waals surface area contributed by atoms with Crippen LogP contribution < -0.4 is 16.1 Å². The number of ether oxygens (including phenoxy) is 1. The average molecular weight is 476 g/mol. The molecule has 1 heterocycles. The number of likely N-dealkylation sites (N-methyl/N-ethyl adjacent to an activating group) is 1. The summed E-state index contributed by atoms with van der Waals surface area (Å²) in [4.78, 5) is 16.2. The van der Waals surface area contributed by atoms with Gasteiger partial charge in [-0.3, -0.25) is 0 Å². The fourth-order valence-corrected chi connectivity index (χ4v) is 3.48. The van der Waals surface area contributed by atoms with Crippen molar-refractivity contribution in [3.8, 4) is 0 Å². The summed E-state index contributed by atoms with van der Waals surface area (Å²) < 4.78 is 4.78. The number of halogens is 1. The molecular formula is C18H29IN4O3. The second-order valence-corrected chi connectivity index (χ2v) is 9.65. The van der Waals surface area contributed by atoms with Gasteiger partial charge in [-0.2, -0.15) is 0 Å². The Hall–Kier alpha value is -1.10. The van der Waals surface area contributed by atoms with Gasteiger partial charge in [-0.15, -0.1) is 0 Å². The van der Waals surface area contributed by atoms with Crippen molar-refractivity contribution in [2.75, 3.05) is 31.6 Å². The lowest BCUT2D eigenvalue weighted by Gasteiger charge is -2.29. The van der Waals surface area contributed by atoms with Crippen molar-refractivity contribution in [3.63, 3.8) is 0 Å². The van der Waals surface area contributed by atoms with E-state index < -0.39 is 9.15 Å². The molecule has 2 atom stereocenters. The lowest BCUT2D eigenvalue weighted by atomic mass is 10.1. The van der Waals surface area contributed by atoms with Gasteiger partial charge in [0, 0.05) is 31.9 Å². The van der Waals surface area contributed by atoms with Crippen molar-refractivity contribution in [1.82, 2.24) is 10.4 Å². The summed E-state index contributed by atoms with van der Waals surface area (Å²) in [6, 6.07) is 8.22. The molecule has 146 valence electrons. The van der Waals surface area contributed by atoms with Crippen LogP contribution in [0, 0.1) is 0 Å². The fraction of sp³-hybridized carbons (Fsp3) is 0.611. The summed E-state index contributed by atoms with van der Waals surface area (Å²) in [5, 5.41) is 8.90. The Morgan fingerprint density at radius 1 is 1.42 bits per heavy atom. The zero-order chi connectivity index (χ0) is 19.5. The van der Waals surface area contributed by atoms with E-state index in [4.69, 9.17) is 15.7 Å². The number of nitrogens with zero attached hydrogens (tertiary/aromatic N) is 2. The number of nitrogens with one attached hydrogen (secondary N) is 1. The van der Waals surface area contributed by atoms with Crippen molar-refractivity contribution in [3.05, 3.63) is 29.8 Å². The quantitative estimate of drug-likeness (QED) is 0.262. The van der Waals surface area contributed by atoms with Crippen LogP contribution in [0.2, 0.25) is 0 Å². The first-order valence-electron chi connectivity index (χ1n) is 8.69. The van der Waals surface area contributed by atoms with Gasteiger partial charge in [-0.25, -0.2) is 10.3 Å². The van der Waals surface area contributed by atoms with Crippen LogP contribution >= 0.6 is 22.6 Å². The number of carbonyl (C=O) groups excluding carboxylic acids is 1. The molecule has 0 aliphatic carbocycles. The number of alkyl halides is 1. The third-order valence-electron chi connectivity index (χ3n) is 4.45. The van der Waals surface area contributed by atoms with Gasteiger partial charge in [0.15, 0.2) is 0 Å². The molecule has 1 fully saturated rings. The lowest BCUT2D eigenvalue weighted by molar-refractivity contribution is 0.0292. The van der Waals surface area contributed by atoms with Crippen LogP contribution in [0.15, 0.2) is 24.3 Å². The van der Waals surface area contributed by atoms with Crippen molar-refractivity contribution in [2.45, 2.75) is 42.4 Å². The van der Waals surface area contributed by atoms with Gasteiger partial charge in [-0.05, 0) is 44.9 Å². The van der Waals surface area contributed by atoms with Crippen LogP contribution in [-0.4, -0.2) is 54.5 Å². The highest BCUT2D eigenvalue weighted by atomic mass is 127. The molecule has 1 amide bonds. The van der Waals surface area contributed by atoms with Crippen LogP contribution in [0.25, 0.3) is 0 Å². The zero-order valence-corrected chi connectivity index (χ0v) is 18.0. The predicted octanol–water partition coefficient (Wildman–Crippen LogP) is 2.66. The molecule has 0 aromatic heterocycles. The van der Waals surface area contributed by atoms with Crippen LogP contribution in [0.3, 0.4) is 0 Å². The maximum Gasteiger partial charge on any atom is 0.410 e. The highest BCUT2D eigenvalue weighted by Crippen LogP contribution is 2.29. The molecule has 1 saturated heterocycles. The fourth-order valence-electron chi connectivity index (χ4n) is 2.95. The summed E-state index contributed by atoms with van der Waals surface area (Å²) in [5.74, 6) is 0. The van der Waals surface area contributed by atoms with E-state index in [9.17, 15) is 4.79 Å². The van der Waals surface area contributed by atoms with Gasteiger partial charge in [0.1, 0.15) is 9.15 Å². The lowest BCUT2D eigenvalue weighted by Crippen LogP contribution is -2.40. The van der Waals surface area contributed by atoms with Gasteiger partial charge < -0.3 is 25.5 Å². The summed E-state index contributed by atoms with van der Waals surface area (Å²) >= 11 is 2.11. The van der Waals surface area contributed by atoms with E-state index in [1.54, 1.807) is 4.90 Å². The normalized spacial score (nSPS) is 20.0. The first-order valence-corrected chi connectivity index (χ1v) is 9.77. The maximum absolute atomic E-state index is 12.2. The topological polar surface area (TPSA) is 91.1 Å². The Kier molecular flexibility index (Phi) is 6.75. The van der Waals surface area contributed by atoms with E-state index in [1.165, 1.54) is 0 Å². The number of hydrogen-bond donors (Lipinski definition) is 3. The predicted molar refractivity (Wildman–Crippen MR) is 111 cm³/mol. The molecule has 2 unspecified atom stereocenters. The maximum atomic E-state index is 12.2. The Balaban J connectivity index is 1.99. The van der Waals surface area contributed by atoms with Gasteiger partial charge in [0.05, 0.1) is 6.54 Å². The Morgan fingerprint density at radius 2 is 2.04 bits per heavy atom. The largest absolute Gasteiger partial charge is 0.444 e. The van der Waals surface area contributed by atoms with Crippen molar-refractivity contribution in [1.29, 1.82) is 0 Å². The van der Waals surface area contributed by atoms with E-state index in [-0.39, 0.29) is 18.7 Å². The molecule has 8 heteroatoms. The molecule has 1 aromatic carbocycles. The van der Waals surface area contributed by atoms with E-state index in [1.807, 2.05) is 52.1 Å². The van der Waals surface area contributed by atoms with E-state index in [0.717, 1.165) is 17.7 Å². The molecule has 0 bridgehead atoms. The third kappa shape index (κ3) is 5.45. The van der Waals surface area contributed by atoms with Crippen LogP contribution in [-0.2, 0) is 8.28 Å². The number of anilines is 1. The monoisotopic (exact) mass is 476 g/mol. The summed E-state index contributed by atoms with van der Waals surface area (Å²) in [6.07, 6.45) is 0.650. The van der Waals surface area contributed by atoms with Gasteiger partial charge in [0.25, 0.3) is 0 Å². The van der Waals surface area contributed by atoms with E-state index in [2.05, 4.69) is 33.0 Å². The SMILES string of the molecule is CN(c1ccc(C(N)(I)CNO)cc1)C1CCN(C(=O)OC(C)(C)C)C1. The average Bonchev–Trinajstić information content (AvgIpc) is 3.03. The number of nitrogens with two attached hydrogens (primary N) is 1. The zero-order valence-electron chi connectivity index (χ0n) is 15.8. The highest BCUT2D eigenvalue weighted by Gasteiger charge is 2.32. The molecule has 2 rings (SSSR count). The Morgan fingerprint density at radius 3 is 2.58 bits per heavy atom. The van der Waals surface area contributed by atoms with Crippen molar-refractivity contribution < 1.29 is 14.7 Å². The van der Waals surface area contributed by atoms with Gasteiger partial charge >= 0.3 is 6.09 Å². The summed E-state index contributed by atoms with van der Waals surface area (Å²) in [6.45, 7) is 7.24. The number of benzene rings is 1. The summed E-state index contributed by atoms with van der Waals surface area (Å²) in [5.41, 5.74) is 9.83. The van der Waals surface area contributed by atoms with E-state index in [0.29, 0.717) is 13.1 Å². The second-order valence-electron chi connectivity index (χ2n) is 7.72. The first kappa shape index (κ1) is 21.2. The minimum atomic E-state index is -0.676. The van der Waals surface area contributed by atoms with E-state index >= 15 is 0 Å². The minimum Gasteiger partial charge on any atom is -0.444 e. The Labute approximate surface area is 168 Å². The number of hydrogen-bond acceptors (Lipinski definition) is 6. The number of hydroxylamine groups is 1. The highest BCUT2D eigenvalue weighted by molar-refractivity contribution is 14.1. The molecule has 1 aliphatic rings. The number of rotatable bonds is 5. The van der Waals surface area contributed by atoms with Gasteiger partial charge in [-0.1, -0.05) is 34.7 Å². The molecule has 1 aliphatic heterocycles. The number of likely N-dealkylation sites (tertiary alicyclic amines) is 1. The second kappa shape index (κ2) is 8.28. The molecule has 7 nitrogen and oxygen atoms in total. The van der Waals surface area contributed by atoms with Gasteiger partial charge in [0.2, 0.25) is 0 Å². The smallest absolute Gasteiger partial charge is 0.410 e. The van der Waals surface area contributed by atoms with Crippen LogP contribution in [0.4, 0.5) is 10.5 Å². The Bertz CT molecular complexity index is 616. The molecule has 4 N–H and O–H groups in total. The standard InChI is InChI=1S/C18H29IN4O3/c1-17(2,3)26-16(24)23-10-9-15(11-23)22(4)14-7-5-13(6-8-14)18(19,20)12-21-25/h5-8,15,21,25H,9-12,20H2,1-4H3. The van der Waals surface area contributed by atoms with Crippen molar-refractivity contribution >= 4 is 34.4 Å². The summed E-state index contributed by atoms with van der Waals surface area (Å²) in [7, 11) is 2.04. The van der Waals surface area contributed by atoms with Crippen molar-refractivity contribution in [2.24, 2.45) is 5.73 Å². The molecule has 1 aromatic rings.